The largest absolute Gasteiger partial charge is 0.383 e. The standard InChI is InChI=1S/C15H26N2O2S/c1-4-13-11(2)20-15(17-13)14(16-7-9-18-3)12-6-5-8-19-10-12/h12,14,16H,4-10H2,1-3H3. The third-order valence-electron chi connectivity index (χ3n) is 3.85. The molecular formula is C15H26N2O2S. The molecule has 20 heavy (non-hydrogen) atoms. The Labute approximate surface area is 125 Å². The van der Waals surface area contributed by atoms with Gasteiger partial charge in [-0.3, -0.25) is 0 Å². The topological polar surface area (TPSA) is 43.4 Å². The number of ether oxygens (including phenoxy) is 2. The van der Waals surface area contributed by atoms with Crippen molar-refractivity contribution in [1.29, 1.82) is 0 Å². The fraction of sp³-hybridized carbons (Fsp3) is 0.800. The van der Waals surface area contributed by atoms with Gasteiger partial charge in [-0.1, -0.05) is 6.92 Å². The number of nitrogens with one attached hydrogen (secondary N) is 1. The van der Waals surface area contributed by atoms with Gasteiger partial charge in [-0.25, -0.2) is 4.98 Å². The number of aryl methyl sites for hydroxylation is 2. The molecule has 2 rings (SSSR count). The summed E-state index contributed by atoms with van der Waals surface area (Å²) in [6.45, 7) is 7.67. The summed E-state index contributed by atoms with van der Waals surface area (Å²) in [5.41, 5.74) is 1.24. The zero-order valence-electron chi connectivity index (χ0n) is 12.8. The van der Waals surface area contributed by atoms with Gasteiger partial charge in [0.05, 0.1) is 24.9 Å². The van der Waals surface area contributed by atoms with E-state index in [2.05, 4.69) is 19.2 Å². The van der Waals surface area contributed by atoms with E-state index >= 15 is 0 Å². The van der Waals surface area contributed by atoms with E-state index in [-0.39, 0.29) is 0 Å². The van der Waals surface area contributed by atoms with Crippen LogP contribution in [0, 0.1) is 12.8 Å². The number of nitrogens with zero attached hydrogens (tertiary/aromatic N) is 1. The molecule has 1 aromatic heterocycles. The molecule has 1 fully saturated rings. The molecule has 1 aliphatic heterocycles. The van der Waals surface area contributed by atoms with Crippen molar-refractivity contribution in [3.05, 3.63) is 15.6 Å². The van der Waals surface area contributed by atoms with E-state index in [4.69, 9.17) is 14.5 Å². The Bertz CT molecular complexity index is 403. The van der Waals surface area contributed by atoms with E-state index < -0.39 is 0 Å². The summed E-state index contributed by atoms with van der Waals surface area (Å²) in [6.07, 6.45) is 3.37. The maximum absolute atomic E-state index is 5.66. The molecule has 0 aromatic carbocycles. The highest BCUT2D eigenvalue weighted by molar-refractivity contribution is 7.11. The molecule has 1 N–H and O–H groups in total. The van der Waals surface area contributed by atoms with Gasteiger partial charge in [0.25, 0.3) is 0 Å². The molecule has 114 valence electrons. The van der Waals surface area contributed by atoms with Gasteiger partial charge in [0, 0.05) is 31.1 Å². The predicted octanol–water partition coefficient (Wildman–Crippen LogP) is 2.72. The second-order valence-corrected chi connectivity index (χ2v) is 6.55. The van der Waals surface area contributed by atoms with Gasteiger partial charge in [0.2, 0.25) is 0 Å². The minimum Gasteiger partial charge on any atom is -0.383 e. The summed E-state index contributed by atoms with van der Waals surface area (Å²) in [4.78, 5) is 6.19. The molecule has 2 heterocycles. The van der Waals surface area contributed by atoms with E-state index in [1.54, 1.807) is 7.11 Å². The third-order valence-corrected chi connectivity index (χ3v) is 4.94. The predicted molar refractivity (Wildman–Crippen MR) is 82.4 cm³/mol. The second-order valence-electron chi connectivity index (χ2n) is 5.31. The zero-order valence-corrected chi connectivity index (χ0v) is 13.6. The van der Waals surface area contributed by atoms with Gasteiger partial charge < -0.3 is 14.8 Å². The average molecular weight is 298 g/mol. The van der Waals surface area contributed by atoms with Crippen LogP contribution in [-0.2, 0) is 15.9 Å². The smallest absolute Gasteiger partial charge is 0.110 e. The minimum absolute atomic E-state index is 0.300. The van der Waals surface area contributed by atoms with Crippen LogP contribution in [0.4, 0.5) is 0 Å². The first-order chi connectivity index (χ1) is 9.76. The number of thiazole rings is 1. The summed E-state index contributed by atoms with van der Waals surface area (Å²) in [6, 6.07) is 0.300. The molecule has 4 nitrogen and oxygen atoms in total. The Balaban J connectivity index is 2.10. The first-order valence-electron chi connectivity index (χ1n) is 7.52. The fourth-order valence-electron chi connectivity index (χ4n) is 2.71. The van der Waals surface area contributed by atoms with Crippen molar-refractivity contribution in [2.75, 3.05) is 33.5 Å². The summed E-state index contributed by atoms with van der Waals surface area (Å²) in [5, 5.41) is 4.83. The zero-order chi connectivity index (χ0) is 14.4. The fourth-order valence-corrected chi connectivity index (χ4v) is 3.89. The van der Waals surface area contributed by atoms with Crippen LogP contribution in [0.3, 0.4) is 0 Å². The Kier molecular flexibility index (Phi) is 6.42. The van der Waals surface area contributed by atoms with E-state index in [1.807, 2.05) is 11.3 Å². The highest BCUT2D eigenvalue weighted by Crippen LogP contribution is 2.32. The van der Waals surface area contributed by atoms with E-state index in [0.717, 1.165) is 39.2 Å². The van der Waals surface area contributed by atoms with Gasteiger partial charge in [-0.15, -0.1) is 11.3 Å². The summed E-state index contributed by atoms with van der Waals surface area (Å²) < 4.78 is 10.8. The lowest BCUT2D eigenvalue weighted by Gasteiger charge is -2.29. The van der Waals surface area contributed by atoms with Crippen LogP contribution in [0.2, 0.25) is 0 Å². The van der Waals surface area contributed by atoms with Crippen LogP contribution in [0.25, 0.3) is 0 Å². The van der Waals surface area contributed by atoms with Crippen LogP contribution in [0.1, 0.15) is 41.4 Å². The highest BCUT2D eigenvalue weighted by atomic mass is 32.1. The van der Waals surface area contributed by atoms with Crippen molar-refractivity contribution in [2.45, 2.75) is 39.2 Å². The molecule has 1 aromatic rings. The monoisotopic (exact) mass is 298 g/mol. The maximum Gasteiger partial charge on any atom is 0.110 e. The highest BCUT2D eigenvalue weighted by Gasteiger charge is 2.28. The molecule has 0 aliphatic carbocycles. The number of aromatic nitrogens is 1. The maximum atomic E-state index is 5.66. The van der Waals surface area contributed by atoms with Crippen molar-refractivity contribution in [3.63, 3.8) is 0 Å². The lowest BCUT2D eigenvalue weighted by molar-refractivity contribution is 0.0377. The molecule has 1 aliphatic rings. The number of hydrogen-bond acceptors (Lipinski definition) is 5. The molecule has 0 bridgehead atoms. The van der Waals surface area contributed by atoms with Gasteiger partial charge in [0.15, 0.2) is 0 Å². The molecule has 2 unspecified atom stereocenters. The third kappa shape index (κ3) is 4.01. The normalized spacial score (nSPS) is 21.1. The summed E-state index contributed by atoms with van der Waals surface area (Å²) in [7, 11) is 1.74. The molecule has 5 heteroatoms. The first kappa shape index (κ1) is 15.9. The molecule has 2 atom stereocenters. The van der Waals surface area contributed by atoms with Crippen molar-refractivity contribution in [3.8, 4) is 0 Å². The minimum atomic E-state index is 0.300. The molecule has 1 saturated heterocycles. The quantitative estimate of drug-likeness (QED) is 0.786. The number of methoxy groups -OCH3 is 1. The Morgan fingerprint density at radius 3 is 3.00 bits per heavy atom. The molecule has 0 radical (unpaired) electrons. The van der Waals surface area contributed by atoms with Crippen molar-refractivity contribution < 1.29 is 9.47 Å². The van der Waals surface area contributed by atoms with Gasteiger partial charge >= 0.3 is 0 Å². The van der Waals surface area contributed by atoms with Crippen molar-refractivity contribution >= 4 is 11.3 Å². The van der Waals surface area contributed by atoms with E-state index in [9.17, 15) is 0 Å². The number of rotatable bonds is 7. The molecule has 0 spiro atoms. The Morgan fingerprint density at radius 2 is 2.40 bits per heavy atom. The number of hydrogen-bond donors (Lipinski definition) is 1. The van der Waals surface area contributed by atoms with Gasteiger partial charge in [0.1, 0.15) is 5.01 Å². The van der Waals surface area contributed by atoms with Gasteiger partial charge in [-0.2, -0.15) is 0 Å². The SMILES string of the molecule is CCc1nc(C(NCCOC)C2CCCOC2)sc1C. The van der Waals surface area contributed by atoms with E-state index in [1.165, 1.54) is 22.0 Å². The van der Waals surface area contributed by atoms with Crippen molar-refractivity contribution in [1.82, 2.24) is 10.3 Å². The first-order valence-corrected chi connectivity index (χ1v) is 8.34. The second kappa shape index (κ2) is 8.08. The molecule has 0 amide bonds. The lowest BCUT2D eigenvalue weighted by Crippen LogP contribution is -2.35. The summed E-state index contributed by atoms with van der Waals surface area (Å²) >= 11 is 1.83. The lowest BCUT2D eigenvalue weighted by atomic mass is 9.94. The average Bonchev–Trinajstić information content (AvgIpc) is 2.85. The van der Waals surface area contributed by atoms with E-state index in [0.29, 0.717) is 12.0 Å². The van der Waals surface area contributed by atoms with Gasteiger partial charge in [-0.05, 0) is 26.2 Å². The van der Waals surface area contributed by atoms with Crippen LogP contribution < -0.4 is 5.32 Å². The molecular weight excluding hydrogens is 272 g/mol. The Morgan fingerprint density at radius 1 is 1.55 bits per heavy atom. The summed E-state index contributed by atoms with van der Waals surface area (Å²) in [5.74, 6) is 0.524. The van der Waals surface area contributed by atoms with Crippen LogP contribution >= 0.6 is 11.3 Å². The van der Waals surface area contributed by atoms with Crippen LogP contribution in [-0.4, -0.2) is 38.5 Å². The Hall–Kier alpha value is -0.490. The van der Waals surface area contributed by atoms with Crippen LogP contribution in [0.15, 0.2) is 0 Å². The van der Waals surface area contributed by atoms with Crippen LogP contribution in [0.5, 0.6) is 0 Å². The van der Waals surface area contributed by atoms with Crippen molar-refractivity contribution in [2.24, 2.45) is 5.92 Å². The molecule has 0 saturated carbocycles.